The van der Waals surface area contributed by atoms with Crippen molar-refractivity contribution >= 4 is 38.5 Å². The molecule has 0 unspecified atom stereocenters. The minimum Gasteiger partial charge on any atom is -0.392 e. The first kappa shape index (κ1) is 20.1. The van der Waals surface area contributed by atoms with Gasteiger partial charge in [0.2, 0.25) is 0 Å². The van der Waals surface area contributed by atoms with Crippen LogP contribution in [0.1, 0.15) is 29.8 Å². The van der Waals surface area contributed by atoms with Gasteiger partial charge in [0, 0.05) is 36.0 Å². The molecule has 1 fully saturated rings. The van der Waals surface area contributed by atoms with Crippen LogP contribution >= 0.6 is 15.9 Å². The van der Waals surface area contributed by atoms with E-state index >= 15 is 0 Å². The van der Waals surface area contributed by atoms with Crippen molar-refractivity contribution in [2.24, 2.45) is 0 Å². The lowest BCUT2D eigenvalue weighted by Gasteiger charge is -2.16. The number of β-amino-alcohol motifs (C(OH)–C–C–N with tert-alkyl or cyclic N) is 1. The summed E-state index contributed by atoms with van der Waals surface area (Å²) in [6, 6.07) is 7.37. The van der Waals surface area contributed by atoms with Gasteiger partial charge in [-0.05, 0) is 42.7 Å². The van der Waals surface area contributed by atoms with Crippen LogP contribution in [-0.4, -0.2) is 44.2 Å². The summed E-state index contributed by atoms with van der Waals surface area (Å²) < 4.78 is 27.7. The molecule has 0 saturated carbocycles. The van der Waals surface area contributed by atoms with E-state index < -0.39 is 12.2 Å². The van der Waals surface area contributed by atoms with E-state index in [-0.39, 0.29) is 11.9 Å². The molecule has 1 aliphatic rings. The Hall–Kier alpha value is -2.23. The normalized spacial score (nSPS) is 17.4. The molecule has 1 saturated heterocycles. The van der Waals surface area contributed by atoms with Crippen LogP contribution in [0.15, 0.2) is 34.9 Å². The Balaban J connectivity index is 1.72. The van der Waals surface area contributed by atoms with E-state index in [9.17, 15) is 13.9 Å². The van der Waals surface area contributed by atoms with E-state index in [0.717, 1.165) is 34.3 Å². The SMILES string of the molecule is Cc1c(Br)cccc1Nc1nc(C(F)F)nc2cc(CN3CC[C@@H](O)C3)cnc12. The van der Waals surface area contributed by atoms with Crippen molar-refractivity contribution in [3.63, 3.8) is 0 Å². The third-order valence-electron chi connectivity index (χ3n) is 4.98. The van der Waals surface area contributed by atoms with Crippen LogP contribution in [0.25, 0.3) is 11.0 Å². The number of nitrogens with one attached hydrogen (secondary N) is 1. The largest absolute Gasteiger partial charge is 0.392 e. The van der Waals surface area contributed by atoms with Crippen LogP contribution in [0, 0.1) is 6.92 Å². The minimum absolute atomic E-state index is 0.245. The molecule has 0 spiro atoms. The number of benzene rings is 1. The number of hydrogen-bond donors (Lipinski definition) is 2. The maximum Gasteiger partial charge on any atom is 0.297 e. The summed E-state index contributed by atoms with van der Waals surface area (Å²) in [5.41, 5.74) is 3.33. The van der Waals surface area contributed by atoms with Crippen molar-refractivity contribution in [1.29, 1.82) is 0 Å². The fourth-order valence-corrected chi connectivity index (χ4v) is 3.80. The number of aliphatic hydroxyl groups is 1. The van der Waals surface area contributed by atoms with E-state index in [1.807, 2.05) is 25.1 Å². The molecule has 1 aliphatic heterocycles. The summed E-state index contributed by atoms with van der Waals surface area (Å²) in [5.74, 6) is -0.294. The van der Waals surface area contributed by atoms with Crippen molar-refractivity contribution in [3.8, 4) is 0 Å². The number of pyridine rings is 1. The average molecular weight is 464 g/mol. The van der Waals surface area contributed by atoms with Gasteiger partial charge in [0.05, 0.1) is 11.6 Å². The Kier molecular flexibility index (Phi) is 5.71. The van der Waals surface area contributed by atoms with Crippen LogP contribution < -0.4 is 5.32 Å². The first-order valence-electron chi connectivity index (χ1n) is 9.28. The fourth-order valence-electron chi connectivity index (χ4n) is 3.43. The second-order valence-electron chi connectivity index (χ2n) is 7.16. The molecular formula is C20H20BrF2N5O. The lowest BCUT2D eigenvalue weighted by molar-refractivity contribution is 0.141. The number of alkyl halides is 2. The van der Waals surface area contributed by atoms with Gasteiger partial charge in [-0.1, -0.05) is 22.0 Å². The monoisotopic (exact) mass is 463 g/mol. The summed E-state index contributed by atoms with van der Waals surface area (Å²) >= 11 is 3.47. The van der Waals surface area contributed by atoms with Crippen molar-refractivity contribution < 1.29 is 13.9 Å². The molecule has 3 aromatic rings. The fraction of sp³-hybridized carbons (Fsp3) is 0.350. The number of aromatic nitrogens is 3. The molecule has 29 heavy (non-hydrogen) atoms. The molecule has 6 nitrogen and oxygen atoms in total. The average Bonchev–Trinajstić information content (AvgIpc) is 3.09. The summed E-state index contributed by atoms with van der Waals surface area (Å²) in [4.78, 5) is 14.6. The number of halogens is 3. The van der Waals surface area contributed by atoms with Crippen molar-refractivity contribution in [2.75, 3.05) is 18.4 Å². The molecule has 3 heterocycles. The third kappa shape index (κ3) is 4.36. The highest BCUT2D eigenvalue weighted by Gasteiger charge is 2.21. The molecule has 9 heteroatoms. The second-order valence-corrected chi connectivity index (χ2v) is 8.01. The van der Waals surface area contributed by atoms with Gasteiger partial charge in [0.1, 0.15) is 5.52 Å². The predicted octanol–water partition coefficient (Wildman–Crippen LogP) is 4.34. The second kappa shape index (κ2) is 8.25. The zero-order chi connectivity index (χ0) is 20.5. The molecule has 1 atom stereocenters. The van der Waals surface area contributed by atoms with Crippen molar-refractivity contribution in [1.82, 2.24) is 19.9 Å². The van der Waals surface area contributed by atoms with E-state index in [1.165, 1.54) is 0 Å². The van der Waals surface area contributed by atoms with Crippen LogP contribution in [0.3, 0.4) is 0 Å². The summed E-state index contributed by atoms with van der Waals surface area (Å²) in [6.45, 7) is 3.89. The maximum absolute atomic E-state index is 13.4. The molecule has 152 valence electrons. The molecule has 2 N–H and O–H groups in total. The summed E-state index contributed by atoms with van der Waals surface area (Å²) in [5, 5.41) is 12.8. The molecule has 2 aromatic heterocycles. The van der Waals surface area contributed by atoms with Gasteiger partial charge < -0.3 is 10.4 Å². The number of likely N-dealkylation sites (tertiary alicyclic amines) is 1. The topological polar surface area (TPSA) is 74.2 Å². The van der Waals surface area contributed by atoms with Gasteiger partial charge in [0.25, 0.3) is 6.43 Å². The number of hydrogen-bond acceptors (Lipinski definition) is 6. The van der Waals surface area contributed by atoms with Gasteiger partial charge in [0.15, 0.2) is 11.6 Å². The van der Waals surface area contributed by atoms with Crippen LogP contribution in [0.4, 0.5) is 20.3 Å². The number of fused-ring (bicyclic) bond motifs is 1. The first-order valence-corrected chi connectivity index (χ1v) is 10.1. The zero-order valence-corrected chi connectivity index (χ0v) is 17.3. The Bertz CT molecular complexity index is 1050. The predicted molar refractivity (Wildman–Crippen MR) is 110 cm³/mol. The third-order valence-corrected chi connectivity index (χ3v) is 5.84. The molecule has 4 rings (SSSR count). The smallest absolute Gasteiger partial charge is 0.297 e. The minimum atomic E-state index is -2.79. The molecule has 0 aliphatic carbocycles. The summed E-state index contributed by atoms with van der Waals surface area (Å²) in [6.07, 6.45) is -0.669. The highest BCUT2D eigenvalue weighted by Crippen LogP contribution is 2.30. The maximum atomic E-state index is 13.4. The van der Waals surface area contributed by atoms with Gasteiger partial charge >= 0.3 is 0 Å². The Morgan fingerprint density at radius 3 is 2.90 bits per heavy atom. The molecular weight excluding hydrogens is 444 g/mol. The molecule has 0 radical (unpaired) electrons. The van der Waals surface area contributed by atoms with Gasteiger partial charge in [-0.25, -0.2) is 18.7 Å². The van der Waals surface area contributed by atoms with Crippen molar-refractivity contribution in [2.45, 2.75) is 32.4 Å². The molecule has 0 amide bonds. The molecule has 0 bridgehead atoms. The van der Waals surface area contributed by atoms with Gasteiger partial charge in [-0.2, -0.15) is 0 Å². The highest BCUT2D eigenvalue weighted by molar-refractivity contribution is 9.10. The zero-order valence-electron chi connectivity index (χ0n) is 15.7. The number of nitrogens with zero attached hydrogens (tertiary/aromatic N) is 4. The van der Waals surface area contributed by atoms with Crippen LogP contribution in [0.5, 0.6) is 0 Å². The quantitative estimate of drug-likeness (QED) is 0.585. The van der Waals surface area contributed by atoms with E-state index in [1.54, 1.807) is 12.3 Å². The first-order chi connectivity index (χ1) is 13.9. The van der Waals surface area contributed by atoms with Crippen molar-refractivity contribution in [3.05, 3.63) is 51.9 Å². The number of anilines is 2. The highest BCUT2D eigenvalue weighted by atomic mass is 79.9. The van der Waals surface area contributed by atoms with E-state index in [0.29, 0.717) is 24.1 Å². The lowest BCUT2D eigenvalue weighted by Crippen LogP contribution is -2.21. The number of rotatable bonds is 5. The van der Waals surface area contributed by atoms with Gasteiger partial charge in [-0.15, -0.1) is 0 Å². The standard InChI is InChI=1S/C20H20BrF2N5O/c1-11-14(21)3-2-4-15(11)25-19-17-16(26-20(27-19)18(22)23)7-12(8-24-17)9-28-6-5-13(29)10-28/h2-4,7-8,13,18,29H,5-6,9-10H2,1H3,(H,25,26,27)/t13-/m1/s1. The molecule has 1 aromatic carbocycles. The Labute approximate surface area is 175 Å². The van der Waals surface area contributed by atoms with Crippen LogP contribution in [0.2, 0.25) is 0 Å². The van der Waals surface area contributed by atoms with Gasteiger partial charge in [-0.3, -0.25) is 9.88 Å². The van der Waals surface area contributed by atoms with Crippen LogP contribution in [-0.2, 0) is 6.54 Å². The lowest BCUT2D eigenvalue weighted by atomic mass is 10.2. The summed E-state index contributed by atoms with van der Waals surface area (Å²) in [7, 11) is 0. The Morgan fingerprint density at radius 2 is 2.17 bits per heavy atom. The van der Waals surface area contributed by atoms with E-state index in [4.69, 9.17) is 0 Å². The van der Waals surface area contributed by atoms with E-state index in [2.05, 4.69) is 41.1 Å². The number of aliphatic hydroxyl groups excluding tert-OH is 1. The Morgan fingerprint density at radius 1 is 1.34 bits per heavy atom.